The third-order valence-electron chi connectivity index (χ3n) is 5.05. The molecule has 0 radical (unpaired) electrons. The van der Waals surface area contributed by atoms with Crippen LogP contribution in [0.25, 0.3) is 0 Å². The summed E-state index contributed by atoms with van der Waals surface area (Å²) in [5.41, 5.74) is 1.09. The predicted molar refractivity (Wildman–Crippen MR) is 105 cm³/mol. The van der Waals surface area contributed by atoms with Crippen molar-refractivity contribution < 1.29 is 8.78 Å². The molecule has 0 atom stereocenters. The van der Waals surface area contributed by atoms with E-state index in [2.05, 4.69) is 49.7 Å². The van der Waals surface area contributed by atoms with Crippen molar-refractivity contribution in [1.29, 1.82) is 0 Å². The van der Waals surface area contributed by atoms with Gasteiger partial charge >= 0.3 is 0 Å². The fraction of sp³-hybridized carbons (Fsp3) is 0.286. The minimum atomic E-state index is -0.698. The number of rotatable bonds is 5. The number of benzene rings is 2. The summed E-state index contributed by atoms with van der Waals surface area (Å²) >= 11 is 0. The number of halogens is 2. The van der Waals surface area contributed by atoms with Crippen LogP contribution >= 0.6 is 0 Å². The van der Waals surface area contributed by atoms with Gasteiger partial charge in [-0.2, -0.15) is 10.1 Å². The fourth-order valence-corrected chi connectivity index (χ4v) is 3.54. The highest BCUT2D eigenvalue weighted by molar-refractivity contribution is 5.56. The molecule has 0 unspecified atom stereocenters. The summed E-state index contributed by atoms with van der Waals surface area (Å²) in [6.45, 7) is 1.73. The zero-order valence-electron chi connectivity index (χ0n) is 15.4. The van der Waals surface area contributed by atoms with Gasteiger partial charge in [-0.05, 0) is 42.9 Å². The lowest BCUT2D eigenvalue weighted by atomic mass is 9.90. The van der Waals surface area contributed by atoms with Crippen LogP contribution in [-0.2, 0) is 6.42 Å². The molecule has 1 aromatic heterocycles. The maximum Gasteiger partial charge on any atom is 0.249 e. The zero-order chi connectivity index (χ0) is 19.3. The molecule has 28 heavy (non-hydrogen) atoms. The number of anilines is 3. The topological polar surface area (TPSA) is 53.9 Å². The van der Waals surface area contributed by atoms with Gasteiger partial charge in [-0.15, -0.1) is 5.10 Å². The summed E-state index contributed by atoms with van der Waals surface area (Å²) in [5.74, 6) is -0.0228. The van der Waals surface area contributed by atoms with Crippen molar-refractivity contribution in [2.24, 2.45) is 5.92 Å². The lowest BCUT2D eigenvalue weighted by molar-refractivity contribution is 0.402. The van der Waals surface area contributed by atoms with Crippen LogP contribution in [0, 0.1) is 17.6 Å². The minimum absolute atomic E-state index is 0.0768. The van der Waals surface area contributed by atoms with Crippen molar-refractivity contribution in [2.75, 3.05) is 23.3 Å². The maximum absolute atomic E-state index is 13.8. The van der Waals surface area contributed by atoms with Crippen molar-refractivity contribution in [3.05, 3.63) is 71.9 Å². The van der Waals surface area contributed by atoms with E-state index >= 15 is 0 Å². The third-order valence-corrected chi connectivity index (χ3v) is 5.05. The van der Waals surface area contributed by atoms with E-state index in [0.717, 1.165) is 32.4 Å². The molecular weight excluding hydrogens is 360 g/mol. The maximum atomic E-state index is 13.8. The number of nitrogens with zero attached hydrogens (tertiary/aromatic N) is 4. The Balaban J connectivity index is 1.40. The van der Waals surface area contributed by atoms with Gasteiger partial charge in [-0.3, -0.25) is 0 Å². The smallest absolute Gasteiger partial charge is 0.249 e. The first kappa shape index (κ1) is 18.3. The van der Waals surface area contributed by atoms with E-state index in [1.54, 1.807) is 6.20 Å². The van der Waals surface area contributed by atoms with Crippen LogP contribution in [0.5, 0.6) is 0 Å². The van der Waals surface area contributed by atoms with E-state index in [-0.39, 0.29) is 11.6 Å². The minimum Gasteiger partial charge on any atom is -0.355 e. The summed E-state index contributed by atoms with van der Waals surface area (Å²) in [6.07, 6.45) is 4.78. The quantitative estimate of drug-likeness (QED) is 0.712. The monoisotopic (exact) mass is 381 g/mol. The van der Waals surface area contributed by atoms with Crippen LogP contribution in [0.4, 0.5) is 26.2 Å². The molecular formula is C21H21F2N5. The lowest BCUT2D eigenvalue weighted by Gasteiger charge is -2.32. The Kier molecular flexibility index (Phi) is 5.41. The van der Waals surface area contributed by atoms with Gasteiger partial charge in [-0.1, -0.05) is 36.4 Å². The van der Waals surface area contributed by atoms with Crippen molar-refractivity contribution >= 4 is 17.5 Å². The van der Waals surface area contributed by atoms with Crippen LogP contribution in [0.2, 0.25) is 0 Å². The first-order valence-electron chi connectivity index (χ1n) is 9.38. The molecule has 0 bridgehead atoms. The molecule has 1 N–H and O–H groups in total. The standard InChI is InChI=1S/C21H21F2N5/c22-17-7-4-8-18(23)20(17)26-21-25-19(14-24-27-21)28-11-9-16(10-12-28)13-15-5-2-1-3-6-15/h1-8,14,16H,9-13H2,(H,25,26,27). The fourth-order valence-electron chi connectivity index (χ4n) is 3.54. The van der Waals surface area contributed by atoms with Gasteiger partial charge in [0.1, 0.15) is 17.3 Å². The number of hydrogen-bond donors (Lipinski definition) is 1. The Morgan fingerprint density at radius 3 is 2.39 bits per heavy atom. The summed E-state index contributed by atoms with van der Waals surface area (Å²) in [4.78, 5) is 6.53. The van der Waals surface area contributed by atoms with Crippen molar-refractivity contribution in [1.82, 2.24) is 15.2 Å². The van der Waals surface area contributed by atoms with Crippen molar-refractivity contribution in [3.8, 4) is 0 Å². The molecule has 2 aromatic carbocycles. The molecule has 0 amide bonds. The van der Waals surface area contributed by atoms with Gasteiger partial charge in [0.05, 0.1) is 6.20 Å². The Hall–Kier alpha value is -3.09. The number of aromatic nitrogens is 3. The average Bonchev–Trinajstić information content (AvgIpc) is 2.72. The molecule has 4 rings (SSSR count). The van der Waals surface area contributed by atoms with Gasteiger partial charge in [0.2, 0.25) is 5.95 Å². The molecule has 2 heterocycles. The summed E-state index contributed by atoms with van der Waals surface area (Å²) in [7, 11) is 0. The van der Waals surface area contributed by atoms with Gasteiger partial charge in [0.15, 0.2) is 5.82 Å². The average molecular weight is 381 g/mol. The molecule has 0 aliphatic carbocycles. The normalized spacial score (nSPS) is 14.9. The number of para-hydroxylation sites is 1. The van der Waals surface area contributed by atoms with Crippen LogP contribution in [0.15, 0.2) is 54.7 Å². The molecule has 7 heteroatoms. The van der Waals surface area contributed by atoms with Crippen LogP contribution in [0.1, 0.15) is 18.4 Å². The van der Waals surface area contributed by atoms with E-state index in [0.29, 0.717) is 11.7 Å². The van der Waals surface area contributed by atoms with Gasteiger partial charge in [0, 0.05) is 13.1 Å². The van der Waals surface area contributed by atoms with Crippen LogP contribution in [0.3, 0.4) is 0 Å². The Morgan fingerprint density at radius 2 is 1.68 bits per heavy atom. The van der Waals surface area contributed by atoms with E-state index in [1.165, 1.54) is 23.8 Å². The highest BCUT2D eigenvalue weighted by Gasteiger charge is 2.21. The van der Waals surface area contributed by atoms with E-state index < -0.39 is 11.6 Å². The third kappa shape index (κ3) is 4.24. The SMILES string of the molecule is Fc1cccc(F)c1Nc1nncc(N2CCC(Cc3ccccc3)CC2)n1. The first-order chi connectivity index (χ1) is 13.7. The van der Waals surface area contributed by atoms with Crippen LogP contribution in [-0.4, -0.2) is 28.3 Å². The predicted octanol–water partition coefficient (Wildman–Crippen LogP) is 4.35. The highest BCUT2D eigenvalue weighted by Crippen LogP contribution is 2.26. The van der Waals surface area contributed by atoms with Crippen molar-refractivity contribution in [2.45, 2.75) is 19.3 Å². The summed E-state index contributed by atoms with van der Waals surface area (Å²) < 4.78 is 27.6. The number of piperidine rings is 1. The number of nitrogens with one attached hydrogen (secondary N) is 1. The second kappa shape index (κ2) is 8.29. The van der Waals surface area contributed by atoms with Crippen molar-refractivity contribution in [3.63, 3.8) is 0 Å². The zero-order valence-corrected chi connectivity index (χ0v) is 15.4. The summed E-state index contributed by atoms with van der Waals surface area (Å²) in [5, 5.41) is 10.4. The first-order valence-corrected chi connectivity index (χ1v) is 9.38. The molecule has 3 aromatic rings. The van der Waals surface area contributed by atoms with Gasteiger partial charge in [0.25, 0.3) is 0 Å². The Morgan fingerprint density at radius 1 is 0.964 bits per heavy atom. The highest BCUT2D eigenvalue weighted by atomic mass is 19.1. The van der Waals surface area contributed by atoms with E-state index in [9.17, 15) is 8.78 Å². The molecule has 1 fully saturated rings. The van der Waals surface area contributed by atoms with E-state index in [4.69, 9.17) is 0 Å². The molecule has 1 aliphatic rings. The molecule has 1 saturated heterocycles. The second-order valence-corrected chi connectivity index (χ2v) is 6.98. The van der Waals surface area contributed by atoms with E-state index in [1.807, 2.05) is 6.07 Å². The second-order valence-electron chi connectivity index (χ2n) is 6.98. The molecule has 0 saturated carbocycles. The molecule has 1 aliphatic heterocycles. The molecule has 144 valence electrons. The summed E-state index contributed by atoms with van der Waals surface area (Å²) in [6, 6.07) is 14.2. The Labute approximate surface area is 162 Å². The van der Waals surface area contributed by atoms with Crippen LogP contribution < -0.4 is 10.2 Å². The van der Waals surface area contributed by atoms with Gasteiger partial charge in [-0.25, -0.2) is 8.78 Å². The largest absolute Gasteiger partial charge is 0.355 e. The number of hydrogen-bond acceptors (Lipinski definition) is 5. The Bertz CT molecular complexity index is 907. The lowest BCUT2D eigenvalue weighted by Crippen LogP contribution is -2.35. The molecule has 0 spiro atoms. The molecule has 5 nitrogen and oxygen atoms in total. The van der Waals surface area contributed by atoms with Gasteiger partial charge < -0.3 is 10.2 Å².